The van der Waals surface area contributed by atoms with E-state index in [2.05, 4.69) is 4.98 Å². The van der Waals surface area contributed by atoms with Crippen molar-refractivity contribution >= 4 is 0 Å². The van der Waals surface area contributed by atoms with Gasteiger partial charge in [0.15, 0.2) is 22.9 Å². The molecule has 0 unspecified atom stereocenters. The van der Waals surface area contributed by atoms with Crippen molar-refractivity contribution in [3.8, 4) is 29.1 Å². The molecule has 0 bridgehead atoms. The molecule has 2 aromatic rings. The fourth-order valence-corrected chi connectivity index (χ4v) is 1.62. The zero-order chi connectivity index (χ0) is 12.4. The summed E-state index contributed by atoms with van der Waals surface area (Å²) in [5.74, 6) is 2.31. The highest BCUT2D eigenvalue weighted by molar-refractivity contribution is 5.49. The highest BCUT2D eigenvalue weighted by Gasteiger charge is 2.14. The van der Waals surface area contributed by atoms with Gasteiger partial charge in [-0.05, 0) is 24.3 Å². The molecule has 0 spiro atoms. The first-order valence-electron chi connectivity index (χ1n) is 5.29. The predicted molar refractivity (Wildman–Crippen MR) is 61.6 cm³/mol. The van der Waals surface area contributed by atoms with Gasteiger partial charge in [-0.15, -0.1) is 0 Å². The van der Waals surface area contributed by atoms with Crippen molar-refractivity contribution in [2.45, 2.75) is 0 Å². The second kappa shape index (κ2) is 4.26. The van der Waals surface area contributed by atoms with E-state index in [9.17, 15) is 0 Å². The summed E-state index contributed by atoms with van der Waals surface area (Å²) >= 11 is 0. The van der Waals surface area contributed by atoms with Gasteiger partial charge in [-0.3, -0.25) is 0 Å². The van der Waals surface area contributed by atoms with Gasteiger partial charge in [0.2, 0.25) is 6.79 Å². The molecule has 0 saturated heterocycles. The fourth-order valence-electron chi connectivity index (χ4n) is 1.62. The molecule has 5 nitrogen and oxygen atoms in total. The summed E-state index contributed by atoms with van der Waals surface area (Å²) in [4.78, 5) is 3.92. The molecule has 1 aliphatic rings. The minimum atomic E-state index is 0.217. The molecule has 0 aliphatic carbocycles. The third-order valence-corrected chi connectivity index (χ3v) is 2.45. The lowest BCUT2D eigenvalue weighted by molar-refractivity contribution is 0.174. The van der Waals surface area contributed by atoms with Crippen LogP contribution < -0.4 is 14.2 Å². The normalized spacial score (nSPS) is 11.9. The Labute approximate surface area is 103 Å². The monoisotopic (exact) mass is 240 g/mol. The van der Waals surface area contributed by atoms with Crippen LogP contribution in [0, 0.1) is 11.3 Å². The largest absolute Gasteiger partial charge is 0.454 e. The molecule has 5 heteroatoms. The van der Waals surface area contributed by atoms with E-state index in [4.69, 9.17) is 19.5 Å². The number of hydrogen-bond donors (Lipinski definition) is 0. The standard InChI is InChI=1S/C13H8N2O3/c14-7-10-11(2-1-5-15-10)18-9-3-4-12-13(6-9)17-8-16-12/h1-6H,8H2. The van der Waals surface area contributed by atoms with E-state index in [1.807, 2.05) is 6.07 Å². The Morgan fingerprint density at radius 1 is 1.22 bits per heavy atom. The van der Waals surface area contributed by atoms with Crippen molar-refractivity contribution in [2.75, 3.05) is 6.79 Å². The zero-order valence-corrected chi connectivity index (χ0v) is 9.29. The van der Waals surface area contributed by atoms with Crippen molar-refractivity contribution in [3.63, 3.8) is 0 Å². The molecule has 0 N–H and O–H groups in total. The van der Waals surface area contributed by atoms with E-state index in [1.54, 1.807) is 36.5 Å². The first-order chi connectivity index (χ1) is 8.86. The van der Waals surface area contributed by atoms with Crippen LogP contribution in [0.5, 0.6) is 23.0 Å². The number of aromatic nitrogens is 1. The molecule has 18 heavy (non-hydrogen) atoms. The maximum Gasteiger partial charge on any atom is 0.231 e. The maximum atomic E-state index is 8.91. The molecule has 3 rings (SSSR count). The summed E-state index contributed by atoms with van der Waals surface area (Å²) in [6, 6.07) is 10.6. The first kappa shape index (κ1) is 10.4. The Hall–Kier alpha value is -2.74. The molecular formula is C13H8N2O3. The third kappa shape index (κ3) is 1.80. The minimum Gasteiger partial charge on any atom is -0.454 e. The first-order valence-corrected chi connectivity index (χ1v) is 5.29. The van der Waals surface area contributed by atoms with Gasteiger partial charge in [0.1, 0.15) is 11.8 Å². The van der Waals surface area contributed by atoms with Gasteiger partial charge in [0.25, 0.3) is 0 Å². The lowest BCUT2D eigenvalue weighted by atomic mass is 10.3. The van der Waals surface area contributed by atoms with Gasteiger partial charge in [0, 0.05) is 12.3 Å². The highest BCUT2D eigenvalue weighted by atomic mass is 16.7. The van der Waals surface area contributed by atoms with Crippen LogP contribution in [0.4, 0.5) is 0 Å². The molecule has 0 amide bonds. The Kier molecular flexibility index (Phi) is 2.47. The van der Waals surface area contributed by atoms with Gasteiger partial charge in [0.05, 0.1) is 0 Å². The lowest BCUT2D eigenvalue weighted by Crippen LogP contribution is -1.93. The number of fused-ring (bicyclic) bond motifs is 1. The van der Waals surface area contributed by atoms with Gasteiger partial charge >= 0.3 is 0 Å². The van der Waals surface area contributed by atoms with Crippen LogP contribution in [-0.2, 0) is 0 Å². The van der Waals surface area contributed by atoms with Crippen LogP contribution in [0.25, 0.3) is 0 Å². The number of ether oxygens (including phenoxy) is 3. The van der Waals surface area contributed by atoms with Gasteiger partial charge in [-0.1, -0.05) is 0 Å². The van der Waals surface area contributed by atoms with Crippen LogP contribution in [0.2, 0.25) is 0 Å². The molecule has 88 valence electrons. The van der Waals surface area contributed by atoms with Crippen LogP contribution in [0.15, 0.2) is 36.5 Å². The smallest absolute Gasteiger partial charge is 0.231 e. The second-order valence-electron chi connectivity index (χ2n) is 3.58. The Balaban J connectivity index is 1.91. The minimum absolute atomic E-state index is 0.217. The number of pyridine rings is 1. The molecular weight excluding hydrogens is 232 g/mol. The van der Waals surface area contributed by atoms with Crippen LogP contribution in [0.1, 0.15) is 5.69 Å². The lowest BCUT2D eigenvalue weighted by Gasteiger charge is -2.06. The molecule has 0 radical (unpaired) electrons. The molecule has 1 aliphatic heterocycles. The van der Waals surface area contributed by atoms with E-state index in [0.717, 1.165) is 0 Å². The average molecular weight is 240 g/mol. The zero-order valence-electron chi connectivity index (χ0n) is 9.29. The number of benzene rings is 1. The van der Waals surface area contributed by atoms with Crippen LogP contribution in [-0.4, -0.2) is 11.8 Å². The van der Waals surface area contributed by atoms with Gasteiger partial charge in [-0.25, -0.2) is 4.98 Å². The van der Waals surface area contributed by atoms with E-state index in [0.29, 0.717) is 23.0 Å². The number of hydrogen-bond acceptors (Lipinski definition) is 5. The van der Waals surface area contributed by atoms with E-state index >= 15 is 0 Å². The third-order valence-electron chi connectivity index (χ3n) is 2.45. The summed E-state index contributed by atoms with van der Waals surface area (Å²) in [6.07, 6.45) is 1.55. The van der Waals surface area contributed by atoms with Crippen molar-refractivity contribution in [1.82, 2.24) is 4.98 Å². The fraction of sp³-hybridized carbons (Fsp3) is 0.0769. The average Bonchev–Trinajstić information content (AvgIpc) is 2.87. The molecule has 1 aromatic heterocycles. The Morgan fingerprint density at radius 3 is 3.00 bits per heavy atom. The van der Waals surface area contributed by atoms with Crippen molar-refractivity contribution < 1.29 is 14.2 Å². The molecule has 0 saturated carbocycles. The molecule has 0 atom stereocenters. The molecule has 2 heterocycles. The van der Waals surface area contributed by atoms with E-state index < -0.39 is 0 Å². The highest BCUT2D eigenvalue weighted by Crippen LogP contribution is 2.36. The van der Waals surface area contributed by atoms with E-state index in [1.165, 1.54) is 0 Å². The van der Waals surface area contributed by atoms with E-state index in [-0.39, 0.29) is 12.5 Å². The topological polar surface area (TPSA) is 64.4 Å². The van der Waals surface area contributed by atoms with Gasteiger partial charge in [-0.2, -0.15) is 5.26 Å². The second-order valence-corrected chi connectivity index (χ2v) is 3.58. The summed E-state index contributed by atoms with van der Waals surface area (Å²) in [5, 5.41) is 8.91. The van der Waals surface area contributed by atoms with Crippen molar-refractivity contribution in [2.24, 2.45) is 0 Å². The predicted octanol–water partition coefficient (Wildman–Crippen LogP) is 2.47. The SMILES string of the molecule is N#Cc1ncccc1Oc1ccc2c(c1)OCO2. The van der Waals surface area contributed by atoms with Crippen molar-refractivity contribution in [1.29, 1.82) is 5.26 Å². The van der Waals surface area contributed by atoms with Crippen LogP contribution in [0.3, 0.4) is 0 Å². The molecule has 1 aromatic carbocycles. The van der Waals surface area contributed by atoms with Crippen LogP contribution >= 0.6 is 0 Å². The Bertz CT molecular complexity index is 634. The summed E-state index contributed by atoms with van der Waals surface area (Å²) < 4.78 is 16.1. The van der Waals surface area contributed by atoms with Crippen molar-refractivity contribution in [3.05, 3.63) is 42.2 Å². The number of nitrogens with zero attached hydrogens (tertiary/aromatic N) is 2. The number of rotatable bonds is 2. The number of nitriles is 1. The summed E-state index contributed by atoms with van der Waals surface area (Å²) in [6.45, 7) is 0.217. The maximum absolute atomic E-state index is 8.91. The molecule has 0 fully saturated rings. The van der Waals surface area contributed by atoms with Gasteiger partial charge < -0.3 is 14.2 Å². The summed E-state index contributed by atoms with van der Waals surface area (Å²) in [5.41, 5.74) is 0.246. The quantitative estimate of drug-likeness (QED) is 0.806. The Morgan fingerprint density at radius 2 is 2.11 bits per heavy atom. The summed E-state index contributed by atoms with van der Waals surface area (Å²) in [7, 11) is 0.